The highest BCUT2D eigenvalue weighted by molar-refractivity contribution is 6.30. The standard InChI is InChI=1S/C26H22ClF3N4O/c1-17-22(19-8-10-20(27)11-9-19)23(25(35)33(2)16-21-14-31-12-13-32-21)34(24(17)26(28,29)30)15-18-6-4-3-5-7-18/h3-14H,15-16H2,1-2H3. The molecule has 0 atom stereocenters. The Labute approximate surface area is 205 Å². The third-order valence-corrected chi connectivity index (χ3v) is 5.91. The Bertz CT molecular complexity index is 1320. The molecule has 180 valence electrons. The number of aromatic nitrogens is 3. The van der Waals surface area contributed by atoms with Gasteiger partial charge in [0.25, 0.3) is 5.91 Å². The van der Waals surface area contributed by atoms with E-state index in [1.54, 1.807) is 54.6 Å². The van der Waals surface area contributed by atoms with E-state index in [9.17, 15) is 18.0 Å². The molecule has 9 heteroatoms. The first-order chi connectivity index (χ1) is 16.7. The van der Waals surface area contributed by atoms with Crippen molar-refractivity contribution in [3.05, 3.63) is 106 Å². The lowest BCUT2D eigenvalue weighted by atomic mass is 10.00. The molecule has 0 aliphatic carbocycles. The maximum atomic E-state index is 14.4. The van der Waals surface area contributed by atoms with Crippen LogP contribution < -0.4 is 0 Å². The van der Waals surface area contributed by atoms with Crippen molar-refractivity contribution in [1.29, 1.82) is 0 Å². The van der Waals surface area contributed by atoms with Gasteiger partial charge >= 0.3 is 6.18 Å². The topological polar surface area (TPSA) is 51.0 Å². The highest BCUT2D eigenvalue weighted by Gasteiger charge is 2.41. The molecule has 0 aliphatic rings. The lowest BCUT2D eigenvalue weighted by Crippen LogP contribution is -2.30. The Morgan fingerprint density at radius 2 is 1.74 bits per heavy atom. The maximum absolute atomic E-state index is 14.4. The molecule has 35 heavy (non-hydrogen) atoms. The van der Waals surface area contributed by atoms with Crippen LogP contribution >= 0.6 is 11.6 Å². The van der Waals surface area contributed by atoms with Gasteiger partial charge in [-0.1, -0.05) is 54.1 Å². The van der Waals surface area contributed by atoms with Crippen LogP contribution in [0.2, 0.25) is 5.02 Å². The number of carbonyl (C=O) groups excluding carboxylic acids is 1. The van der Waals surface area contributed by atoms with Crippen molar-refractivity contribution in [3.63, 3.8) is 0 Å². The summed E-state index contributed by atoms with van der Waals surface area (Å²) in [4.78, 5) is 23.3. The average Bonchev–Trinajstić information content (AvgIpc) is 3.12. The Morgan fingerprint density at radius 3 is 2.34 bits per heavy atom. The van der Waals surface area contributed by atoms with E-state index in [0.717, 1.165) is 4.57 Å². The molecule has 0 radical (unpaired) electrons. The highest BCUT2D eigenvalue weighted by atomic mass is 35.5. The fourth-order valence-corrected chi connectivity index (χ4v) is 4.26. The molecule has 2 heterocycles. The van der Waals surface area contributed by atoms with Crippen LogP contribution in [-0.2, 0) is 19.3 Å². The van der Waals surface area contributed by atoms with Gasteiger partial charge in [0, 0.05) is 36.6 Å². The first kappa shape index (κ1) is 24.5. The van der Waals surface area contributed by atoms with Gasteiger partial charge in [0.2, 0.25) is 0 Å². The van der Waals surface area contributed by atoms with Crippen molar-refractivity contribution in [1.82, 2.24) is 19.4 Å². The molecular formula is C26H22ClF3N4O. The molecule has 5 nitrogen and oxygen atoms in total. The summed E-state index contributed by atoms with van der Waals surface area (Å²) in [6, 6.07) is 15.2. The second-order valence-electron chi connectivity index (χ2n) is 8.13. The van der Waals surface area contributed by atoms with Crippen molar-refractivity contribution in [2.75, 3.05) is 7.05 Å². The molecule has 0 N–H and O–H groups in total. The SMILES string of the molecule is Cc1c(-c2ccc(Cl)cc2)c(C(=O)N(C)Cc2cnccn2)n(Cc2ccccc2)c1C(F)(F)F. The molecule has 0 unspecified atom stereocenters. The van der Waals surface area contributed by atoms with Crippen LogP contribution in [0.5, 0.6) is 0 Å². The fourth-order valence-electron chi connectivity index (χ4n) is 4.13. The number of alkyl halides is 3. The minimum Gasteiger partial charge on any atom is -0.334 e. The molecule has 2 aromatic carbocycles. The van der Waals surface area contributed by atoms with Gasteiger partial charge in [-0.25, -0.2) is 0 Å². The number of halogens is 4. The summed E-state index contributed by atoms with van der Waals surface area (Å²) in [7, 11) is 1.53. The summed E-state index contributed by atoms with van der Waals surface area (Å²) >= 11 is 6.03. The van der Waals surface area contributed by atoms with Crippen LogP contribution in [0.4, 0.5) is 13.2 Å². The second kappa shape index (κ2) is 9.92. The number of hydrogen-bond acceptors (Lipinski definition) is 3. The van der Waals surface area contributed by atoms with Gasteiger partial charge in [-0.3, -0.25) is 14.8 Å². The molecule has 0 spiro atoms. The van der Waals surface area contributed by atoms with Gasteiger partial charge in [0.05, 0.1) is 18.4 Å². The lowest BCUT2D eigenvalue weighted by molar-refractivity contribution is -0.143. The maximum Gasteiger partial charge on any atom is 0.431 e. The molecule has 4 aromatic rings. The molecule has 0 aliphatic heterocycles. The van der Waals surface area contributed by atoms with E-state index in [1.165, 1.54) is 37.5 Å². The van der Waals surface area contributed by atoms with Crippen LogP contribution in [0.15, 0.2) is 73.2 Å². The van der Waals surface area contributed by atoms with E-state index in [4.69, 9.17) is 11.6 Å². The summed E-state index contributed by atoms with van der Waals surface area (Å²) in [5, 5.41) is 0.443. The molecule has 4 rings (SSSR count). The quantitative estimate of drug-likeness (QED) is 0.316. The van der Waals surface area contributed by atoms with Crippen molar-refractivity contribution < 1.29 is 18.0 Å². The number of benzene rings is 2. The van der Waals surface area contributed by atoms with Gasteiger partial charge in [0.1, 0.15) is 11.4 Å². The van der Waals surface area contributed by atoms with Crippen LogP contribution in [0, 0.1) is 6.92 Å². The van der Waals surface area contributed by atoms with Gasteiger partial charge in [-0.05, 0) is 35.7 Å². The Hall–Kier alpha value is -3.65. The fraction of sp³-hybridized carbons (Fsp3) is 0.192. The van der Waals surface area contributed by atoms with Gasteiger partial charge in [-0.2, -0.15) is 13.2 Å². The molecule has 0 saturated heterocycles. The summed E-state index contributed by atoms with van der Waals surface area (Å²) in [6.45, 7) is 1.36. The minimum atomic E-state index is -4.68. The summed E-state index contributed by atoms with van der Waals surface area (Å²) in [6.07, 6.45) is -0.161. The highest BCUT2D eigenvalue weighted by Crippen LogP contribution is 2.42. The lowest BCUT2D eigenvalue weighted by Gasteiger charge is -2.21. The Balaban J connectivity index is 1.93. The molecule has 0 fully saturated rings. The van der Waals surface area contributed by atoms with Crippen molar-refractivity contribution in [2.45, 2.75) is 26.2 Å². The smallest absolute Gasteiger partial charge is 0.334 e. The van der Waals surface area contributed by atoms with Crippen molar-refractivity contribution >= 4 is 17.5 Å². The predicted octanol–water partition coefficient (Wildman–Crippen LogP) is 6.25. The number of rotatable bonds is 6. The monoisotopic (exact) mass is 498 g/mol. The Kier molecular flexibility index (Phi) is 6.93. The van der Waals surface area contributed by atoms with E-state index >= 15 is 0 Å². The second-order valence-corrected chi connectivity index (χ2v) is 8.57. The zero-order valence-corrected chi connectivity index (χ0v) is 19.8. The number of carbonyl (C=O) groups is 1. The van der Waals surface area contributed by atoms with E-state index in [-0.39, 0.29) is 29.9 Å². The van der Waals surface area contributed by atoms with Crippen LogP contribution in [-0.4, -0.2) is 32.4 Å². The van der Waals surface area contributed by atoms with E-state index in [1.807, 2.05) is 0 Å². The number of hydrogen-bond donors (Lipinski definition) is 0. The van der Waals surface area contributed by atoms with Crippen molar-refractivity contribution in [3.8, 4) is 11.1 Å². The summed E-state index contributed by atoms with van der Waals surface area (Å²) in [5.41, 5.74) is 0.926. The number of amides is 1. The summed E-state index contributed by atoms with van der Waals surface area (Å²) < 4.78 is 44.3. The van der Waals surface area contributed by atoms with Crippen molar-refractivity contribution in [2.24, 2.45) is 0 Å². The molecule has 2 aromatic heterocycles. The largest absolute Gasteiger partial charge is 0.431 e. The predicted molar refractivity (Wildman–Crippen MR) is 128 cm³/mol. The average molecular weight is 499 g/mol. The zero-order chi connectivity index (χ0) is 25.2. The van der Waals surface area contributed by atoms with Gasteiger partial charge < -0.3 is 9.47 Å². The normalized spacial score (nSPS) is 11.5. The molecule has 0 saturated carbocycles. The van der Waals surface area contributed by atoms with E-state index < -0.39 is 17.8 Å². The zero-order valence-electron chi connectivity index (χ0n) is 19.1. The van der Waals surface area contributed by atoms with Crippen LogP contribution in [0.3, 0.4) is 0 Å². The molecule has 1 amide bonds. The van der Waals surface area contributed by atoms with Gasteiger partial charge in [0.15, 0.2) is 0 Å². The third kappa shape index (κ3) is 5.22. The molecular weight excluding hydrogens is 477 g/mol. The first-order valence-corrected chi connectivity index (χ1v) is 11.1. The third-order valence-electron chi connectivity index (χ3n) is 5.66. The van der Waals surface area contributed by atoms with E-state index in [0.29, 0.717) is 21.8 Å². The first-order valence-electron chi connectivity index (χ1n) is 10.8. The minimum absolute atomic E-state index is 0.0213. The molecule has 0 bridgehead atoms. The van der Waals surface area contributed by atoms with E-state index in [2.05, 4.69) is 9.97 Å². The van der Waals surface area contributed by atoms with Crippen LogP contribution in [0.1, 0.15) is 33.0 Å². The summed E-state index contributed by atoms with van der Waals surface area (Å²) in [5.74, 6) is -0.560. The number of nitrogens with zero attached hydrogens (tertiary/aromatic N) is 4. The Morgan fingerprint density at radius 1 is 1.06 bits per heavy atom. The van der Waals surface area contributed by atoms with Gasteiger partial charge in [-0.15, -0.1) is 0 Å². The van der Waals surface area contributed by atoms with Crippen LogP contribution in [0.25, 0.3) is 11.1 Å².